The molecule has 0 fully saturated rings. The Morgan fingerprint density at radius 3 is 2.32 bits per heavy atom. The van der Waals surface area contributed by atoms with Crippen molar-refractivity contribution in [3.63, 3.8) is 0 Å². The van der Waals surface area contributed by atoms with Crippen molar-refractivity contribution in [2.24, 2.45) is 0 Å². The zero-order valence-electron chi connectivity index (χ0n) is 18.2. The van der Waals surface area contributed by atoms with Crippen molar-refractivity contribution in [2.75, 3.05) is 18.4 Å². The summed E-state index contributed by atoms with van der Waals surface area (Å²) in [5.74, 6) is -4.97. The van der Waals surface area contributed by atoms with Gasteiger partial charge in [-0.1, -0.05) is 12.1 Å². The molecule has 0 unspecified atom stereocenters. The lowest BCUT2D eigenvalue weighted by Gasteiger charge is -2.30. The molecule has 0 aliphatic heterocycles. The SMILES string of the molecule is C[C@@H](CNc1ncc(C(C)(F)F)cn1)N(CC(F)F)C(=O)c1c(F)cccc1-c1ncccn1. The van der Waals surface area contributed by atoms with Crippen molar-refractivity contribution < 1.29 is 26.7 Å². The van der Waals surface area contributed by atoms with Crippen LogP contribution in [0.5, 0.6) is 0 Å². The Morgan fingerprint density at radius 2 is 1.74 bits per heavy atom. The van der Waals surface area contributed by atoms with Crippen LogP contribution in [0.15, 0.2) is 49.1 Å². The number of anilines is 1. The van der Waals surface area contributed by atoms with E-state index in [0.29, 0.717) is 6.92 Å². The summed E-state index contributed by atoms with van der Waals surface area (Å²) in [5.41, 5.74) is -0.771. The molecule has 0 saturated carbocycles. The lowest BCUT2D eigenvalue weighted by molar-refractivity contribution is 0.0167. The molecule has 1 amide bonds. The van der Waals surface area contributed by atoms with Gasteiger partial charge in [0.1, 0.15) is 5.82 Å². The fourth-order valence-corrected chi connectivity index (χ4v) is 3.12. The molecule has 1 aromatic carbocycles. The second-order valence-corrected chi connectivity index (χ2v) is 7.50. The molecular formula is C22H21F5N6O. The molecule has 1 N–H and O–H groups in total. The van der Waals surface area contributed by atoms with E-state index in [2.05, 4.69) is 25.3 Å². The Bertz CT molecular complexity index is 1110. The second-order valence-electron chi connectivity index (χ2n) is 7.50. The summed E-state index contributed by atoms with van der Waals surface area (Å²) in [6, 6.07) is 4.50. The fourth-order valence-electron chi connectivity index (χ4n) is 3.12. The van der Waals surface area contributed by atoms with Gasteiger partial charge < -0.3 is 10.2 Å². The van der Waals surface area contributed by atoms with Gasteiger partial charge in [0.15, 0.2) is 5.82 Å². The van der Waals surface area contributed by atoms with Gasteiger partial charge in [-0.25, -0.2) is 41.9 Å². The number of hydrogen-bond donors (Lipinski definition) is 1. The summed E-state index contributed by atoms with van der Waals surface area (Å²) in [6.07, 6.45) is 1.80. The maximum absolute atomic E-state index is 14.7. The highest BCUT2D eigenvalue weighted by molar-refractivity contribution is 6.00. The molecule has 0 saturated heterocycles. The van der Waals surface area contributed by atoms with Gasteiger partial charge in [0.2, 0.25) is 5.95 Å². The first-order valence-corrected chi connectivity index (χ1v) is 10.2. The molecule has 7 nitrogen and oxygen atoms in total. The highest BCUT2D eigenvalue weighted by Crippen LogP contribution is 2.26. The molecule has 2 aromatic heterocycles. The van der Waals surface area contributed by atoms with Crippen LogP contribution in [0, 0.1) is 5.82 Å². The van der Waals surface area contributed by atoms with Crippen molar-refractivity contribution in [1.29, 1.82) is 0 Å². The minimum absolute atomic E-state index is 0.0337. The van der Waals surface area contributed by atoms with Gasteiger partial charge in [0.05, 0.1) is 17.7 Å². The number of nitrogens with one attached hydrogen (secondary N) is 1. The average Bonchev–Trinajstić information content (AvgIpc) is 2.80. The largest absolute Gasteiger partial charge is 0.352 e. The van der Waals surface area contributed by atoms with Gasteiger partial charge in [-0.2, -0.15) is 0 Å². The topological polar surface area (TPSA) is 83.9 Å². The number of hydrogen-bond acceptors (Lipinski definition) is 6. The number of carbonyl (C=O) groups is 1. The van der Waals surface area contributed by atoms with E-state index >= 15 is 0 Å². The first kappa shape index (κ1) is 24.9. The molecule has 180 valence electrons. The summed E-state index contributed by atoms with van der Waals surface area (Å²) < 4.78 is 68.0. The van der Waals surface area contributed by atoms with Crippen LogP contribution < -0.4 is 5.32 Å². The molecule has 0 aliphatic carbocycles. The van der Waals surface area contributed by atoms with Crippen LogP contribution in [0.3, 0.4) is 0 Å². The van der Waals surface area contributed by atoms with Crippen LogP contribution in [0.1, 0.15) is 29.8 Å². The summed E-state index contributed by atoms with van der Waals surface area (Å²) in [6.45, 7) is 1.10. The van der Waals surface area contributed by atoms with Gasteiger partial charge in [-0.3, -0.25) is 4.79 Å². The highest BCUT2D eigenvalue weighted by atomic mass is 19.3. The summed E-state index contributed by atoms with van der Waals surface area (Å²) in [4.78, 5) is 29.7. The lowest BCUT2D eigenvalue weighted by Crippen LogP contribution is -2.45. The number of rotatable bonds is 9. The zero-order chi connectivity index (χ0) is 24.9. The van der Waals surface area contributed by atoms with Crippen LogP contribution in [-0.4, -0.2) is 56.3 Å². The normalized spacial score (nSPS) is 12.5. The van der Waals surface area contributed by atoms with Crippen LogP contribution in [0.4, 0.5) is 27.9 Å². The monoisotopic (exact) mass is 480 g/mol. The zero-order valence-corrected chi connectivity index (χ0v) is 18.2. The van der Waals surface area contributed by atoms with Crippen molar-refractivity contribution in [3.8, 4) is 11.4 Å². The lowest BCUT2D eigenvalue weighted by atomic mass is 10.0. The smallest absolute Gasteiger partial charge is 0.273 e. The van der Waals surface area contributed by atoms with E-state index in [1.54, 1.807) is 0 Å². The minimum Gasteiger partial charge on any atom is -0.352 e. The van der Waals surface area contributed by atoms with E-state index in [4.69, 9.17) is 0 Å². The van der Waals surface area contributed by atoms with Crippen LogP contribution >= 0.6 is 0 Å². The first-order chi connectivity index (χ1) is 16.1. The second kappa shape index (κ2) is 10.5. The third-order valence-electron chi connectivity index (χ3n) is 4.88. The number of amides is 1. The third kappa shape index (κ3) is 6.00. The van der Waals surface area contributed by atoms with Crippen LogP contribution in [-0.2, 0) is 5.92 Å². The predicted octanol–water partition coefficient (Wildman–Crippen LogP) is 4.39. The number of benzene rings is 1. The highest BCUT2D eigenvalue weighted by Gasteiger charge is 2.30. The number of nitrogens with zero attached hydrogens (tertiary/aromatic N) is 5. The van der Waals surface area contributed by atoms with Gasteiger partial charge in [0, 0.05) is 49.9 Å². The first-order valence-electron chi connectivity index (χ1n) is 10.2. The molecule has 0 spiro atoms. The standard InChI is InChI=1S/C22H21F5N6O/c1-13(9-30-21-31-10-14(11-32-21)22(2,26)27)33(12-17(24)25)20(34)18-15(5-3-6-16(18)23)19-28-7-4-8-29-19/h3-8,10-11,13,17H,9,12H2,1-2H3,(H,30,31,32)/t13-/m0/s1. The molecule has 0 radical (unpaired) electrons. The molecule has 0 aliphatic rings. The average molecular weight is 480 g/mol. The molecule has 3 rings (SSSR count). The van der Waals surface area contributed by atoms with Crippen molar-refractivity contribution in [1.82, 2.24) is 24.8 Å². The van der Waals surface area contributed by atoms with Gasteiger partial charge in [-0.05, 0) is 19.1 Å². The predicted molar refractivity (Wildman–Crippen MR) is 114 cm³/mol. The molecular weight excluding hydrogens is 459 g/mol. The summed E-state index contributed by atoms with van der Waals surface area (Å²) in [7, 11) is 0. The van der Waals surface area contributed by atoms with Gasteiger partial charge >= 0.3 is 0 Å². The summed E-state index contributed by atoms with van der Waals surface area (Å²) in [5, 5.41) is 2.72. The van der Waals surface area contributed by atoms with Crippen molar-refractivity contribution in [3.05, 3.63) is 66.0 Å². The Morgan fingerprint density at radius 1 is 1.09 bits per heavy atom. The van der Waals surface area contributed by atoms with E-state index in [0.717, 1.165) is 23.4 Å². The molecule has 2 heterocycles. The fraction of sp³-hybridized carbons (Fsp3) is 0.318. The van der Waals surface area contributed by atoms with Crippen molar-refractivity contribution in [2.45, 2.75) is 32.2 Å². The molecule has 0 bridgehead atoms. The number of alkyl halides is 4. The Kier molecular flexibility index (Phi) is 7.69. The molecule has 12 heteroatoms. The van der Waals surface area contributed by atoms with Crippen molar-refractivity contribution >= 4 is 11.9 Å². The van der Waals surface area contributed by atoms with Crippen LogP contribution in [0.25, 0.3) is 11.4 Å². The third-order valence-corrected chi connectivity index (χ3v) is 4.88. The summed E-state index contributed by atoms with van der Waals surface area (Å²) >= 11 is 0. The van der Waals surface area contributed by atoms with Gasteiger partial charge in [0.25, 0.3) is 18.3 Å². The number of carbonyl (C=O) groups excluding carboxylic acids is 1. The van der Waals surface area contributed by atoms with E-state index in [9.17, 15) is 26.7 Å². The van der Waals surface area contributed by atoms with E-state index < -0.39 is 47.8 Å². The minimum atomic E-state index is -3.12. The van der Waals surface area contributed by atoms with Gasteiger partial charge in [-0.15, -0.1) is 0 Å². The maximum atomic E-state index is 14.7. The number of halogens is 5. The molecule has 3 aromatic rings. The molecule has 1 atom stereocenters. The molecule has 34 heavy (non-hydrogen) atoms. The Labute approximate surface area is 192 Å². The van der Waals surface area contributed by atoms with Crippen LogP contribution in [0.2, 0.25) is 0 Å². The number of aromatic nitrogens is 4. The van der Waals surface area contributed by atoms with E-state index in [-0.39, 0.29) is 23.9 Å². The van der Waals surface area contributed by atoms with E-state index in [1.165, 1.54) is 37.5 Å². The quantitative estimate of drug-likeness (QED) is 0.458. The Balaban J connectivity index is 1.84. The Hall–Kier alpha value is -3.70. The maximum Gasteiger partial charge on any atom is 0.273 e. The van der Waals surface area contributed by atoms with E-state index in [1.807, 2.05) is 0 Å².